The maximum atomic E-state index is 13.0. The number of thioether (sulfide) groups is 1. The predicted molar refractivity (Wildman–Crippen MR) is 117 cm³/mol. The fourth-order valence-electron chi connectivity index (χ4n) is 3.10. The van der Waals surface area contributed by atoms with E-state index in [1.165, 1.54) is 11.1 Å². The first-order valence-corrected chi connectivity index (χ1v) is 11.0. The standard InChI is InChI=1S/C23H30N2O2S/c1-3-21(23(27)24-4-2)25(16-15-19-11-7-5-8-12-19)22(26)18-28-17-20-13-9-6-10-14-20/h5-14,21H,3-4,15-18H2,1-2H3,(H,24,27)/t21-/m0/s1. The van der Waals surface area contributed by atoms with Gasteiger partial charge in [0.15, 0.2) is 0 Å². The topological polar surface area (TPSA) is 49.4 Å². The summed E-state index contributed by atoms with van der Waals surface area (Å²) in [4.78, 5) is 27.3. The Hall–Kier alpha value is -2.27. The molecule has 4 nitrogen and oxygen atoms in total. The molecule has 0 aliphatic rings. The highest BCUT2D eigenvalue weighted by atomic mass is 32.2. The summed E-state index contributed by atoms with van der Waals surface area (Å²) in [7, 11) is 0. The number of likely N-dealkylation sites (N-methyl/N-ethyl adjacent to an activating group) is 1. The molecule has 1 atom stereocenters. The van der Waals surface area contributed by atoms with Gasteiger partial charge in [0.2, 0.25) is 11.8 Å². The molecule has 0 saturated heterocycles. The molecule has 0 heterocycles. The summed E-state index contributed by atoms with van der Waals surface area (Å²) >= 11 is 1.59. The second-order valence-electron chi connectivity index (χ2n) is 6.62. The van der Waals surface area contributed by atoms with Crippen LogP contribution in [0.1, 0.15) is 31.4 Å². The lowest BCUT2D eigenvalue weighted by Crippen LogP contribution is -2.50. The number of benzene rings is 2. The molecule has 0 unspecified atom stereocenters. The van der Waals surface area contributed by atoms with Crippen molar-refractivity contribution in [1.29, 1.82) is 0 Å². The van der Waals surface area contributed by atoms with Crippen molar-refractivity contribution < 1.29 is 9.59 Å². The molecule has 0 aromatic heterocycles. The molecule has 2 aromatic rings. The second-order valence-corrected chi connectivity index (χ2v) is 7.61. The van der Waals surface area contributed by atoms with E-state index in [9.17, 15) is 9.59 Å². The quantitative estimate of drug-likeness (QED) is 0.624. The molecule has 0 fully saturated rings. The van der Waals surface area contributed by atoms with Gasteiger partial charge < -0.3 is 10.2 Å². The van der Waals surface area contributed by atoms with Gasteiger partial charge in [0.1, 0.15) is 6.04 Å². The van der Waals surface area contributed by atoms with Crippen LogP contribution in [0.25, 0.3) is 0 Å². The van der Waals surface area contributed by atoms with Crippen molar-refractivity contribution in [3.05, 3.63) is 71.8 Å². The highest BCUT2D eigenvalue weighted by molar-refractivity contribution is 7.99. The van der Waals surface area contributed by atoms with Crippen LogP contribution >= 0.6 is 11.8 Å². The number of hydrogen-bond donors (Lipinski definition) is 1. The van der Waals surface area contributed by atoms with Crippen molar-refractivity contribution in [1.82, 2.24) is 10.2 Å². The van der Waals surface area contributed by atoms with Crippen LogP contribution in [0.5, 0.6) is 0 Å². The van der Waals surface area contributed by atoms with Crippen LogP contribution < -0.4 is 5.32 Å². The summed E-state index contributed by atoms with van der Waals surface area (Å²) in [5, 5.41) is 2.87. The summed E-state index contributed by atoms with van der Waals surface area (Å²) in [6.07, 6.45) is 1.35. The lowest BCUT2D eigenvalue weighted by atomic mass is 10.1. The fourth-order valence-corrected chi connectivity index (χ4v) is 3.97. The molecule has 0 aliphatic heterocycles. The van der Waals surface area contributed by atoms with E-state index in [1.54, 1.807) is 16.7 Å². The Morgan fingerprint density at radius 2 is 1.57 bits per heavy atom. The lowest BCUT2D eigenvalue weighted by molar-refractivity contribution is -0.138. The largest absolute Gasteiger partial charge is 0.355 e. The maximum Gasteiger partial charge on any atom is 0.242 e. The number of hydrogen-bond acceptors (Lipinski definition) is 3. The second kappa shape index (κ2) is 12.2. The van der Waals surface area contributed by atoms with Gasteiger partial charge in [0.05, 0.1) is 5.75 Å². The Kier molecular flexibility index (Phi) is 9.63. The summed E-state index contributed by atoms with van der Waals surface area (Å²) in [6.45, 7) is 4.97. The molecular weight excluding hydrogens is 368 g/mol. The maximum absolute atomic E-state index is 13.0. The predicted octanol–water partition coefficient (Wildman–Crippen LogP) is 3.91. The van der Waals surface area contributed by atoms with E-state index < -0.39 is 6.04 Å². The van der Waals surface area contributed by atoms with Crippen molar-refractivity contribution >= 4 is 23.6 Å². The van der Waals surface area contributed by atoms with Crippen LogP contribution in [0.2, 0.25) is 0 Å². The molecule has 0 saturated carbocycles. The van der Waals surface area contributed by atoms with E-state index >= 15 is 0 Å². The molecule has 1 N–H and O–H groups in total. The minimum absolute atomic E-state index is 0.0231. The average molecular weight is 399 g/mol. The molecule has 0 bridgehead atoms. The number of nitrogens with one attached hydrogen (secondary N) is 1. The Morgan fingerprint density at radius 3 is 2.14 bits per heavy atom. The molecular formula is C23H30N2O2S. The van der Waals surface area contributed by atoms with Crippen LogP contribution in [0.3, 0.4) is 0 Å². The number of amides is 2. The average Bonchev–Trinajstić information content (AvgIpc) is 2.72. The molecule has 150 valence electrons. The summed E-state index contributed by atoms with van der Waals surface area (Å²) < 4.78 is 0. The third-order valence-electron chi connectivity index (χ3n) is 4.56. The minimum atomic E-state index is -0.423. The molecule has 0 spiro atoms. The van der Waals surface area contributed by atoms with Gasteiger partial charge in [0, 0.05) is 18.8 Å². The van der Waals surface area contributed by atoms with Crippen LogP contribution in [0.15, 0.2) is 60.7 Å². The SMILES string of the molecule is CCNC(=O)[C@H](CC)N(CCc1ccccc1)C(=O)CSCc1ccccc1. The van der Waals surface area contributed by atoms with Crippen molar-refractivity contribution in [2.45, 2.75) is 38.5 Å². The lowest BCUT2D eigenvalue weighted by Gasteiger charge is -2.30. The van der Waals surface area contributed by atoms with E-state index in [2.05, 4.69) is 29.6 Å². The number of nitrogens with zero attached hydrogens (tertiary/aromatic N) is 1. The van der Waals surface area contributed by atoms with Crippen molar-refractivity contribution in [2.24, 2.45) is 0 Å². The number of carbonyl (C=O) groups is 2. The summed E-state index contributed by atoms with van der Waals surface area (Å²) in [5.74, 6) is 1.12. The summed E-state index contributed by atoms with van der Waals surface area (Å²) in [5.41, 5.74) is 2.37. The van der Waals surface area contributed by atoms with Gasteiger partial charge in [-0.3, -0.25) is 9.59 Å². The van der Waals surface area contributed by atoms with E-state index in [0.29, 0.717) is 25.3 Å². The first-order valence-electron chi connectivity index (χ1n) is 9.88. The van der Waals surface area contributed by atoms with Gasteiger partial charge in [0.25, 0.3) is 0 Å². The normalized spacial score (nSPS) is 11.6. The Bertz CT molecular complexity index is 722. The fraction of sp³-hybridized carbons (Fsp3) is 0.391. The van der Waals surface area contributed by atoms with E-state index in [0.717, 1.165) is 12.2 Å². The van der Waals surface area contributed by atoms with Crippen molar-refractivity contribution in [3.8, 4) is 0 Å². The molecule has 28 heavy (non-hydrogen) atoms. The monoisotopic (exact) mass is 398 g/mol. The Morgan fingerprint density at radius 1 is 0.964 bits per heavy atom. The van der Waals surface area contributed by atoms with Crippen LogP contribution in [-0.2, 0) is 21.8 Å². The van der Waals surface area contributed by atoms with Crippen molar-refractivity contribution in [2.75, 3.05) is 18.8 Å². The molecule has 2 amide bonds. The Labute approximate surface area is 172 Å². The first-order chi connectivity index (χ1) is 13.7. The first kappa shape index (κ1) is 22.0. The van der Waals surface area contributed by atoms with Gasteiger partial charge >= 0.3 is 0 Å². The zero-order valence-corrected chi connectivity index (χ0v) is 17.6. The number of carbonyl (C=O) groups excluding carboxylic acids is 2. The van der Waals surface area contributed by atoms with Gasteiger partial charge in [-0.05, 0) is 30.9 Å². The molecule has 2 rings (SSSR count). The zero-order valence-electron chi connectivity index (χ0n) is 16.8. The summed E-state index contributed by atoms with van der Waals surface area (Å²) in [6, 6.07) is 19.8. The zero-order chi connectivity index (χ0) is 20.2. The number of rotatable bonds is 11. The van der Waals surface area contributed by atoms with Crippen LogP contribution in [0, 0.1) is 0 Å². The van der Waals surface area contributed by atoms with Gasteiger partial charge in [-0.1, -0.05) is 67.6 Å². The van der Waals surface area contributed by atoms with Gasteiger partial charge in [-0.2, -0.15) is 0 Å². The smallest absolute Gasteiger partial charge is 0.242 e. The van der Waals surface area contributed by atoms with E-state index in [-0.39, 0.29) is 11.8 Å². The Balaban J connectivity index is 2.02. The molecule has 5 heteroatoms. The highest BCUT2D eigenvalue weighted by Gasteiger charge is 2.27. The van der Waals surface area contributed by atoms with E-state index in [4.69, 9.17) is 0 Å². The molecule has 0 aliphatic carbocycles. The van der Waals surface area contributed by atoms with Crippen LogP contribution in [-0.4, -0.2) is 41.6 Å². The molecule has 2 aromatic carbocycles. The van der Waals surface area contributed by atoms with Gasteiger partial charge in [-0.15, -0.1) is 11.8 Å². The third-order valence-corrected chi connectivity index (χ3v) is 5.55. The highest BCUT2D eigenvalue weighted by Crippen LogP contribution is 2.15. The van der Waals surface area contributed by atoms with Crippen molar-refractivity contribution in [3.63, 3.8) is 0 Å². The third kappa shape index (κ3) is 7.04. The van der Waals surface area contributed by atoms with Gasteiger partial charge in [-0.25, -0.2) is 0 Å². The molecule has 0 radical (unpaired) electrons. The van der Waals surface area contributed by atoms with E-state index in [1.807, 2.05) is 50.2 Å². The minimum Gasteiger partial charge on any atom is -0.355 e. The van der Waals surface area contributed by atoms with Crippen LogP contribution in [0.4, 0.5) is 0 Å².